The van der Waals surface area contributed by atoms with Gasteiger partial charge in [-0.2, -0.15) is 0 Å². The van der Waals surface area contributed by atoms with E-state index in [0.717, 1.165) is 11.1 Å². The third-order valence-electron chi connectivity index (χ3n) is 2.90. The predicted octanol–water partition coefficient (Wildman–Crippen LogP) is 2.30. The Labute approximate surface area is 116 Å². The molecule has 20 heavy (non-hydrogen) atoms. The van der Waals surface area contributed by atoms with Crippen molar-refractivity contribution in [1.29, 1.82) is 0 Å². The molecule has 1 heterocycles. The van der Waals surface area contributed by atoms with Crippen molar-refractivity contribution in [2.75, 3.05) is 7.11 Å². The molecule has 5 heteroatoms. The van der Waals surface area contributed by atoms with E-state index in [1.807, 2.05) is 6.92 Å². The summed E-state index contributed by atoms with van der Waals surface area (Å²) in [4.78, 5) is 23.1. The lowest BCUT2D eigenvalue weighted by atomic mass is 10.1. The van der Waals surface area contributed by atoms with Crippen LogP contribution in [-0.4, -0.2) is 19.0 Å². The number of methoxy groups -OCH3 is 1. The third kappa shape index (κ3) is 3.06. The number of ether oxygens (including phenoxy) is 1. The molecule has 5 nitrogen and oxygen atoms in total. The fourth-order valence-electron chi connectivity index (χ4n) is 1.74. The smallest absolute Gasteiger partial charge is 0.337 e. The Hall–Kier alpha value is -2.56. The molecule has 104 valence electrons. The fourth-order valence-corrected chi connectivity index (χ4v) is 1.74. The van der Waals surface area contributed by atoms with Crippen LogP contribution >= 0.6 is 0 Å². The van der Waals surface area contributed by atoms with Gasteiger partial charge >= 0.3 is 5.97 Å². The number of aryl methyl sites for hydroxylation is 1. The summed E-state index contributed by atoms with van der Waals surface area (Å²) >= 11 is 0. The standard InChI is InChI=1S/C15H15NO4/c1-10-7-8-20-13(10)14(17)16-9-11-3-5-12(6-4-11)15(18)19-2/h3-8H,9H2,1-2H3,(H,16,17). The number of carbonyl (C=O) groups is 2. The summed E-state index contributed by atoms with van der Waals surface area (Å²) in [5.74, 6) is -0.326. The lowest BCUT2D eigenvalue weighted by Gasteiger charge is -2.05. The second-order valence-electron chi connectivity index (χ2n) is 4.30. The number of furan rings is 1. The molecule has 1 aromatic heterocycles. The van der Waals surface area contributed by atoms with E-state index in [-0.39, 0.29) is 11.9 Å². The highest BCUT2D eigenvalue weighted by atomic mass is 16.5. The summed E-state index contributed by atoms with van der Waals surface area (Å²) < 4.78 is 9.72. The van der Waals surface area contributed by atoms with Gasteiger partial charge in [-0.3, -0.25) is 4.79 Å². The minimum atomic E-state index is -0.383. The molecular weight excluding hydrogens is 258 g/mol. The van der Waals surface area contributed by atoms with Crippen LogP contribution in [0.25, 0.3) is 0 Å². The van der Waals surface area contributed by atoms with Crippen LogP contribution in [0.1, 0.15) is 32.0 Å². The van der Waals surface area contributed by atoms with Gasteiger partial charge in [0.05, 0.1) is 18.9 Å². The van der Waals surface area contributed by atoms with Gasteiger partial charge in [0.15, 0.2) is 5.76 Å². The van der Waals surface area contributed by atoms with E-state index in [4.69, 9.17) is 4.42 Å². The predicted molar refractivity (Wildman–Crippen MR) is 72.4 cm³/mol. The Morgan fingerprint density at radius 3 is 2.45 bits per heavy atom. The van der Waals surface area contributed by atoms with E-state index in [1.54, 1.807) is 30.3 Å². The van der Waals surface area contributed by atoms with Crippen molar-refractivity contribution in [3.05, 3.63) is 59.0 Å². The number of amides is 1. The maximum Gasteiger partial charge on any atom is 0.337 e. The Morgan fingerprint density at radius 1 is 1.20 bits per heavy atom. The minimum absolute atomic E-state index is 0.260. The zero-order chi connectivity index (χ0) is 14.5. The second kappa shape index (κ2) is 6.06. The molecule has 0 atom stereocenters. The van der Waals surface area contributed by atoms with Crippen LogP contribution in [0, 0.1) is 6.92 Å². The monoisotopic (exact) mass is 273 g/mol. The van der Waals surface area contributed by atoms with E-state index >= 15 is 0 Å². The lowest BCUT2D eigenvalue weighted by molar-refractivity contribution is 0.0600. The average molecular weight is 273 g/mol. The number of hydrogen-bond donors (Lipinski definition) is 1. The van der Waals surface area contributed by atoms with Gasteiger partial charge in [0.1, 0.15) is 0 Å². The van der Waals surface area contributed by atoms with Crippen LogP contribution < -0.4 is 5.32 Å². The number of carbonyl (C=O) groups excluding carboxylic acids is 2. The van der Waals surface area contributed by atoms with Crippen molar-refractivity contribution in [3.8, 4) is 0 Å². The van der Waals surface area contributed by atoms with Crippen LogP contribution in [0.3, 0.4) is 0 Å². The number of benzene rings is 1. The molecule has 0 aliphatic heterocycles. The molecule has 0 aliphatic rings. The van der Waals surface area contributed by atoms with Crippen molar-refractivity contribution in [2.45, 2.75) is 13.5 Å². The molecule has 2 aromatic rings. The number of esters is 1. The van der Waals surface area contributed by atoms with Crippen LogP contribution in [0.2, 0.25) is 0 Å². The van der Waals surface area contributed by atoms with E-state index < -0.39 is 0 Å². The van der Waals surface area contributed by atoms with Crippen LogP contribution in [0.4, 0.5) is 0 Å². The number of hydrogen-bond acceptors (Lipinski definition) is 4. The zero-order valence-electron chi connectivity index (χ0n) is 11.3. The summed E-state index contributed by atoms with van der Waals surface area (Å²) in [6.07, 6.45) is 1.48. The van der Waals surface area contributed by atoms with Gasteiger partial charge in [0.2, 0.25) is 0 Å². The third-order valence-corrected chi connectivity index (χ3v) is 2.90. The topological polar surface area (TPSA) is 68.5 Å². The first-order valence-electron chi connectivity index (χ1n) is 6.11. The van der Waals surface area contributed by atoms with Crippen molar-refractivity contribution in [3.63, 3.8) is 0 Å². The van der Waals surface area contributed by atoms with Crippen molar-refractivity contribution < 1.29 is 18.7 Å². The van der Waals surface area contributed by atoms with Crippen molar-refractivity contribution >= 4 is 11.9 Å². The fraction of sp³-hybridized carbons (Fsp3) is 0.200. The van der Waals surface area contributed by atoms with E-state index in [1.165, 1.54) is 13.4 Å². The quantitative estimate of drug-likeness (QED) is 0.868. The van der Waals surface area contributed by atoms with Gasteiger partial charge in [0.25, 0.3) is 5.91 Å². The highest BCUT2D eigenvalue weighted by molar-refractivity contribution is 5.92. The molecule has 0 bridgehead atoms. The maximum absolute atomic E-state index is 11.8. The molecule has 0 unspecified atom stereocenters. The number of rotatable bonds is 4. The molecule has 2 rings (SSSR count). The molecule has 0 saturated heterocycles. The zero-order valence-corrected chi connectivity index (χ0v) is 11.3. The van der Waals surface area contributed by atoms with E-state index in [9.17, 15) is 9.59 Å². The lowest BCUT2D eigenvalue weighted by Crippen LogP contribution is -2.22. The highest BCUT2D eigenvalue weighted by Gasteiger charge is 2.12. The summed E-state index contributed by atoms with van der Waals surface area (Å²) in [6.45, 7) is 2.17. The Balaban J connectivity index is 1.96. The van der Waals surface area contributed by atoms with Crippen molar-refractivity contribution in [2.24, 2.45) is 0 Å². The average Bonchev–Trinajstić information content (AvgIpc) is 2.90. The molecule has 0 fully saturated rings. The molecule has 1 aromatic carbocycles. The summed E-state index contributed by atoms with van der Waals surface area (Å²) in [7, 11) is 1.34. The summed E-state index contributed by atoms with van der Waals surface area (Å²) in [6, 6.07) is 8.58. The minimum Gasteiger partial charge on any atom is -0.465 e. The normalized spacial score (nSPS) is 10.1. The highest BCUT2D eigenvalue weighted by Crippen LogP contribution is 2.09. The summed E-state index contributed by atoms with van der Waals surface area (Å²) in [5, 5.41) is 2.76. The van der Waals surface area contributed by atoms with Crippen LogP contribution in [0.15, 0.2) is 41.0 Å². The van der Waals surface area contributed by atoms with Crippen LogP contribution in [-0.2, 0) is 11.3 Å². The molecule has 0 aliphatic carbocycles. The van der Waals surface area contributed by atoms with E-state index in [0.29, 0.717) is 17.9 Å². The first-order valence-corrected chi connectivity index (χ1v) is 6.11. The van der Waals surface area contributed by atoms with Gasteiger partial charge < -0.3 is 14.5 Å². The van der Waals surface area contributed by atoms with Crippen molar-refractivity contribution in [1.82, 2.24) is 5.32 Å². The molecule has 1 amide bonds. The summed E-state index contributed by atoms with van der Waals surface area (Å²) in [5.41, 5.74) is 2.16. The second-order valence-corrected chi connectivity index (χ2v) is 4.30. The van der Waals surface area contributed by atoms with Gasteiger partial charge in [0, 0.05) is 12.1 Å². The molecule has 0 saturated carbocycles. The molecule has 1 N–H and O–H groups in total. The Kier molecular flexibility index (Phi) is 4.20. The molecule has 0 spiro atoms. The largest absolute Gasteiger partial charge is 0.465 e. The van der Waals surface area contributed by atoms with E-state index in [2.05, 4.69) is 10.1 Å². The molecule has 0 radical (unpaired) electrons. The van der Waals surface area contributed by atoms with Gasteiger partial charge in [-0.1, -0.05) is 12.1 Å². The Bertz CT molecular complexity index is 613. The maximum atomic E-state index is 11.8. The van der Waals surface area contributed by atoms with Gasteiger partial charge in [-0.25, -0.2) is 4.79 Å². The first kappa shape index (κ1) is 13.9. The molecular formula is C15H15NO4. The Morgan fingerprint density at radius 2 is 1.90 bits per heavy atom. The number of nitrogens with one attached hydrogen (secondary N) is 1. The van der Waals surface area contributed by atoms with Gasteiger partial charge in [-0.15, -0.1) is 0 Å². The first-order chi connectivity index (χ1) is 9.61. The van der Waals surface area contributed by atoms with Gasteiger partial charge in [-0.05, 0) is 30.7 Å². The van der Waals surface area contributed by atoms with Crippen LogP contribution in [0.5, 0.6) is 0 Å². The SMILES string of the molecule is COC(=O)c1ccc(CNC(=O)c2occc2C)cc1.